The average Bonchev–Trinajstić information content (AvgIpc) is 3.29. The van der Waals surface area contributed by atoms with E-state index in [4.69, 9.17) is 0 Å². The molecule has 2 aromatic heterocycles. The predicted octanol–water partition coefficient (Wildman–Crippen LogP) is 6.02. The van der Waals surface area contributed by atoms with Crippen LogP contribution in [0.5, 0.6) is 0 Å². The van der Waals surface area contributed by atoms with Gasteiger partial charge in [-0.3, -0.25) is 4.79 Å². The molecular formula is C25H27F3N4O3S. The number of aryl methyl sites for hydroxylation is 1. The highest BCUT2D eigenvalue weighted by atomic mass is 32.1. The summed E-state index contributed by atoms with van der Waals surface area (Å²) in [6.07, 6.45) is -0.858. The number of alkyl halides is 3. The number of aliphatic carboxylic acids is 1. The van der Waals surface area contributed by atoms with Crippen molar-refractivity contribution in [2.24, 2.45) is 17.8 Å². The van der Waals surface area contributed by atoms with Gasteiger partial charge in [0.05, 0.1) is 10.8 Å². The standard InChI is InChI=1S/C25H27F3N4O3S/c1-13(2)18-11-24(35,6-4-17(18)21(33)34)22-30-12-19(36-22)15-8-14(3)9-16(10-15)31-23-29-7-5-20(32-23)25(26,27)28/h5,7-10,12-13,17-18,35H,4,6,11H2,1-3H3,(H,33,34)(H,29,31,32)/t17-,18-,24+/m0/s1. The number of hydrogen-bond donors (Lipinski definition) is 3. The Kier molecular flexibility index (Phi) is 7.07. The highest BCUT2D eigenvalue weighted by Gasteiger charge is 2.46. The van der Waals surface area contributed by atoms with Crippen LogP contribution in [0.1, 0.15) is 49.4 Å². The average molecular weight is 521 g/mol. The molecule has 0 spiro atoms. The fourth-order valence-corrected chi connectivity index (χ4v) is 5.80. The van der Waals surface area contributed by atoms with Crippen molar-refractivity contribution in [2.45, 2.75) is 51.8 Å². The Morgan fingerprint density at radius 1 is 1.25 bits per heavy atom. The van der Waals surface area contributed by atoms with Crippen LogP contribution >= 0.6 is 11.3 Å². The van der Waals surface area contributed by atoms with Gasteiger partial charge in [0.15, 0.2) is 0 Å². The van der Waals surface area contributed by atoms with Crippen LogP contribution < -0.4 is 5.32 Å². The van der Waals surface area contributed by atoms with Gasteiger partial charge in [-0.2, -0.15) is 13.2 Å². The first-order chi connectivity index (χ1) is 16.9. The quantitative estimate of drug-likeness (QED) is 0.365. The summed E-state index contributed by atoms with van der Waals surface area (Å²) in [6, 6.07) is 6.25. The summed E-state index contributed by atoms with van der Waals surface area (Å²) in [6.45, 7) is 5.79. The molecule has 3 aromatic rings. The maximum absolute atomic E-state index is 13.0. The number of anilines is 2. The Morgan fingerprint density at radius 3 is 2.67 bits per heavy atom. The molecule has 0 bridgehead atoms. The molecule has 1 saturated carbocycles. The lowest BCUT2D eigenvalue weighted by Gasteiger charge is -2.40. The number of carboxylic acid groups (broad SMARTS) is 1. The molecule has 4 rings (SSSR count). The third kappa shape index (κ3) is 5.52. The molecule has 1 aromatic carbocycles. The molecule has 1 aliphatic carbocycles. The summed E-state index contributed by atoms with van der Waals surface area (Å²) in [5.74, 6) is -1.57. The molecule has 0 saturated heterocycles. The molecule has 0 unspecified atom stereocenters. The van der Waals surface area contributed by atoms with Gasteiger partial charge in [-0.1, -0.05) is 19.9 Å². The number of aliphatic hydroxyl groups is 1. The lowest BCUT2D eigenvalue weighted by atomic mass is 9.67. The number of nitrogens with zero attached hydrogens (tertiary/aromatic N) is 3. The molecule has 1 aliphatic rings. The third-order valence-corrected chi connectivity index (χ3v) is 7.84. The van der Waals surface area contributed by atoms with E-state index in [0.717, 1.165) is 28.3 Å². The van der Waals surface area contributed by atoms with Crippen molar-refractivity contribution >= 4 is 28.9 Å². The molecule has 2 heterocycles. The Morgan fingerprint density at radius 2 is 2.00 bits per heavy atom. The Bertz CT molecular complexity index is 1260. The fourth-order valence-electron chi connectivity index (χ4n) is 4.77. The number of hydrogen-bond acceptors (Lipinski definition) is 7. The van der Waals surface area contributed by atoms with Gasteiger partial charge < -0.3 is 15.5 Å². The van der Waals surface area contributed by atoms with Crippen LogP contribution in [0.15, 0.2) is 36.7 Å². The molecule has 192 valence electrons. The van der Waals surface area contributed by atoms with E-state index in [9.17, 15) is 28.2 Å². The van der Waals surface area contributed by atoms with Gasteiger partial charge in [-0.25, -0.2) is 15.0 Å². The summed E-state index contributed by atoms with van der Waals surface area (Å²) in [4.78, 5) is 24.4. The van der Waals surface area contributed by atoms with Crippen LogP contribution in [-0.2, 0) is 16.6 Å². The largest absolute Gasteiger partial charge is 0.481 e. The van der Waals surface area contributed by atoms with Crippen LogP contribution in [0.3, 0.4) is 0 Å². The third-order valence-electron chi connectivity index (χ3n) is 6.60. The highest BCUT2D eigenvalue weighted by Crippen LogP contribution is 2.47. The van der Waals surface area contributed by atoms with E-state index in [1.165, 1.54) is 11.3 Å². The maximum atomic E-state index is 13.0. The van der Waals surface area contributed by atoms with Crippen molar-refractivity contribution < 1.29 is 28.2 Å². The smallest absolute Gasteiger partial charge is 0.433 e. The zero-order valence-corrected chi connectivity index (χ0v) is 20.8. The van der Waals surface area contributed by atoms with Gasteiger partial charge >= 0.3 is 12.1 Å². The van der Waals surface area contributed by atoms with Gasteiger partial charge in [-0.15, -0.1) is 11.3 Å². The lowest BCUT2D eigenvalue weighted by Crippen LogP contribution is -2.41. The van der Waals surface area contributed by atoms with Crippen molar-refractivity contribution in [3.8, 4) is 10.4 Å². The zero-order chi connectivity index (χ0) is 26.3. The monoisotopic (exact) mass is 520 g/mol. The number of nitrogens with one attached hydrogen (secondary N) is 1. The van der Waals surface area contributed by atoms with Crippen LogP contribution in [0.4, 0.5) is 24.8 Å². The molecule has 0 amide bonds. The van der Waals surface area contributed by atoms with Crippen molar-refractivity contribution in [1.29, 1.82) is 0 Å². The van der Waals surface area contributed by atoms with Gasteiger partial charge in [0, 0.05) is 18.1 Å². The molecule has 7 nitrogen and oxygen atoms in total. The molecule has 36 heavy (non-hydrogen) atoms. The second-order valence-corrected chi connectivity index (χ2v) is 10.7. The van der Waals surface area contributed by atoms with Crippen molar-refractivity contribution in [3.05, 3.63) is 52.9 Å². The SMILES string of the molecule is Cc1cc(Nc2nccc(C(F)(F)F)n2)cc(-c2cnc([C@@]3(O)CC[C@H](C(=O)O)[C@H](C(C)C)C3)s2)c1. The highest BCUT2D eigenvalue weighted by molar-refractivity contribution is 7.15. The second-order valence-electron chi connectivity index (χ2n) is 9.63. The van der Waals surface area contributed by atoms with E-state index >= 15 is 0 Å². The van der Waals surface area contributed by atoms with Gasteiger partial charge in [0.1, 0.15) is 16.3 Å². The fraction of sp³-hybridized carbons (Fsp3) is 0.440. The minimum absolute atomic E-state index is 0.0980. The van der Waals surface area contributed by atoms with Crippen molar-refractivity contribution in [1.82, 2.24) is 15.0 Å². The minimum atomic E-state index is -4.57. The topological polar surface area (TPSA) is 108 Å². The Labute approximate surface area is 210 Å². The van der Waals surface area contributed by atoms with Crippen LogP contribution in [-0.4, -0.2) is 31.1 Å². The summed E-state index contributed by atoms with van der Waals surface area (Å²) >= 11 is 1.33. The van der Waals surface area contributed by atoms with Crippen molar-refractivity contribution in [3.63, 3.8) is 0 Å². The van der Waals surface area contributed by atoms with E-state index in [1.807, 2.05) is 26.8 Å². The number of aromatic nitrogens is 3. The normalized spacial score (nSPS) is 22.6. The van der Waals surface area contributed by atoms with E-state index in [-0.39, 0.29) is 17.8 Å². The first-order valence-electron chi connectivity index (χ1n) is 11.6. The lowest BCUT2D eigenvalue weighted by molar-refractivity contribution is -0.150. The molecule has 0 radical (unpaired) electrons. The molecular weight excluding hydrogens is 493 g/mol. The van der Waals surface area contributed by atoms with Gasteiger partial charge in [0.2, 0.25) is 5.95 Å². The summed E-state index contributed by atoms with van der Waals surface area (Å²) in [7, 11) is 0. The number of carboxylic acids is 1. The van der Waals surface area contributed by atoms with E-state index < -0.39 is 29.4 Å². The van der Waals surface area contributed by atoms with Crippen LogP contribution in [0.2, 0.25) is 0 Å². The molecule has 3 N–H and O–H groups in total. The summed E-state index contributed by atoms with van der Waals surface area (Å²) < 4.78 is 39.0. The first-order valence-corrected chi connectivity index (χ1v) is 12.4. The number of halogens is 3. The number of thiazole rings is 1. The number of rotatable bonds is 6. The van der Waals surface area contributed by atoms with Crippen LogP contribution in [0.25, 0.3) is 10.4 Å². The Hall–Kier alpha value is -3.05. The van der Waals surface area contributed by atoms with Gasteiger partial charge in [0.25, 0.3) is 0 Å². The first kappa shape index (κ1) is 26.0. The van der Waals surface area contributed by atoms with Crippen LogP contribution in [0, 0.1) is 24.7 Å². The summed E-state index contributed by atoms with van der Waals surface area (Å²) in [5.41, 5.74) is -0.0973. The van der Waals surface area contributed by atoms with E-state index in [2.05, 4.69) is 20.3 Å². The maximum Gasteiger partial charge on any atom is 0.433 e. The summed E-state index contributed by atoms with van der Waals surface area (Å²) in [5, 5.41) is 24.4. The molecule has 0 aliphatic heterocycles. The Balaban J connectivity index is 1.59. The van der Waals surface area contributed by atoms with E-state index in [1.54, 1.807) is 18.3 Å². The van der Waals surface area contributed by atoms with E-state index in [0.29, 0.717) is 30.0 Å². The minimum Gasteiger partial charge on any atom is -0.481 e. The molecule has 3 atom stereocenters. The molecule has 1 fully saturated rings. The predicted molar refractivity (Wildman–Crippen MR) is 130 cm³/mol. The van der Waals surface area contributed by atoms with Gasteiger partial charge in [-0.05, 0) is 67.3 Å². The van der Waals surface area contributed by atoms with Crippen molar-refractivity contribution in [2.75, 3.05) is 5.32 Å². The molecule has 11 heteroatoms. The zero-order valence-electron chi connectivity index (χ0n) is 20.0. The number of benzene rings is 1. The number of carbonyl (C=O) groups is 1. The second kappa shape index (κ2) is 9.78.